The Hall–Kier alpha value is -4.16. The van der Waals surface area contributed by atoms with E-state index in [1.54, 1.807) is 60.7 Å². The molecule has 0 spiro atoms. The minimum atomic E-state index is -1.15. The van der Waals surface area contributed by atoms with Crippen molar-refractivity contribution < 1.29 is 28.8 Å². The van der Waals surface area contributed by atoms with Crippen molar-refractivity contribution in [3.63, 3.8) is 0 Å². The van der Waals surface area contributed by atoms with Crippen LogP contribution in [0.5, 0.6) is 23.0 Å². The van der Waals surface area contributed by atoms with Crippen molar-refractivity contribution in [2.24, 2.45) is 0 Å². The lowest BCUT2D eigenvalue weighted by Gasteiger charge is -2.16. The van der Waals surface area contributed by atoms with E-state index in [0.29, 0.717) is 54.1 Å². The molecule has 0 radical (unpaired) electrons. The normalized spacial score (nSPS) is 11.4. The van der Waals surface area contributed by atoms with Crippen LogP contribution in [0, 0.1) is 0 Å². The molecule has 6 nitrogen and oxygen atoms in total. The summed E-state index contributed by atoms with van der Waals surface area (Å²) in [6, 6.07) is 30.8. The molecule has 4 aromatic carbocycles. The SMILES string of the molecule is O=C(O)C(Oc1ccc(OCc2ccccc2)cc1)c1ccc(OCCCOc2ccc(Cl)cc2)cc1. The zero-order valence-corrected chi connectivity index (χ0v) is 20.8. The quantitative estimate of drug-likeness (QED) is 0.193. The van der Waals surface area contributed by atoms with Gasteiger partial charge >= 0.3 is 5.97 Å². The van der Waals surface area contributed by atoms with Crippen LogP contribution in [0.25, 0.3) is 0 Å². The maximum atomic E-state index is 11.9. The van der Waals surface area contributed by atoms with Gasteiger partial charge in [0.2, 0.25) is 6.10 Å². The number of benzene rings is 4. The van der Waals surface area contributed by atoms with Gasteiger partial charge in [-0.3, -0.25) is 0 Å². The number of carboxylic acids is 1. The van der Waals surface area contributed by atoms with Gasteiger partial charge in [-0.15, -0.1) is 0 Å². The highest BCUT2D eigenvalue weighted by molar-refractivity contribution is 6.30. The summed E-state index contributed by atoms with van der Waals surface area (Å²) in [4.78, 5) is 11.9. The van der Waals surface area contributed by atoms with Crippen molar-refractivity contribution in [2.75, 3.05) is 13.2 Å². The molecule has 37 heavy (non-hydrogen) atoms. The Morgan fingerprint density at radius 2 is 1.19 bits per heavy atom. The summed E-state index contributed by atoms with van der Waals surface area (Å²) in [5, 5.41) is 10.4. The minimum Gasteiger partial charge on any atom is -0.493 e. The number of hydrogen-bond acceptors (Lipinski definition) is 5. The van der Waals surface area contributed by atoms with Crippen LogP contribution in [-0.4, -0.2) is 24.3 Å². The number of carbonyl (C=O) groups is 1. The van der Waals surface area contributed by atoms with Gasteiger partial charge in [0.15, 0.2) is 0 Å². The van der Waals surface area contributed by atoms with Crippen LogP contribution in [0.2, 0.25) is 5.02 Å². The molecule has 0 aliphatic heterocycles. The summed E-state index contributed by atoms with van der Waals surface area (Å²) < 4.78 is 22.9. The standard InChI is InChI=1S/C30H27ClO6/c31-24-9-13-26(14-10-24)35-20-4-19-34-25-11-7-23(8-12-25)29(30(32)33)37-28-17-15-27(16-18-28)36-21-22-5-2-1-3-6-22/h1-3,5-18,29H,4,19-21H2,(H,32,33). The molecule has 1 atom stereocenters. The second-order valence-electron chi connectivity index (χ2n) is 8.16. The van der Waals surface area contributed by atoms with Gasteiger partial charge in [0.05, 0.1) is 13.2 Å². The van der Waals surface area contributed by atoms with Crippen molar-refractivity contribution in [3.05, 3.63) is 119 Å². The van der Waals surface area contributed by atoms with Gasteiger partial charge in [-0.1, -0.05) is 54.1 Å². The molecule has 4 aromatic rings. The van der Waals surface area contributed by atoms with E-state index in [4.69, 9.17) is 30.5 Å². The van der Waals surface area contributed by atoms with Crippen molar-refractivity contribution in [1.29, 1.82) is 0 Å². The lowest BCUT2D eigenvalue weighted by Crippen LogP contribution is -2.18. The number of halogens is 1. The first-order valence-corrected chi connectivity index (χ1v) is 12.2. The van der Waals surface area contributed by atoms with Crippen molar-refractivity contribution in [1.82, 2.24) is 0 Å². The van der Waals surface area contributed by atoms with Crippen LogP contribution < -0.4 is 18.9 Å². The second-order valence-corrected chi connectivity index (χ2v) is 8.59. The van der Waals surface area contributed by atoms with E-state index in [-0.39, 0.29) is 0 Å². The first-order chi connectivity index (χ1) is 18.1. The maximum absolute atomic E-state index is 11.9. The average Bonchev–Trinajstić information content (AvgIpc) is 2.93. The van der Waals surface area contributed by atoms with E-state index >= 15 is 0 Å². The smallest absolute Gasteiger partial charge is 0.349 e. The number of hydrogen-bond donors (Lipinski definition) is 1. The number of ether oxygens (including phenoxy) is 4. The van der Waals surface area contributed by atoms with Gasteiger partial charge in [0.25, 0.3) is 0 Å². The molecule has 0 bridgehead atoms. The molecule has 0 amide bonds. The molecule has 7 heteroatoms. The summed E-state index contributed by atoms with van der Waals surface area (Å²) in [6.07, 6.45) is -0.464. The van der Waals surface area contributed by atoms with E-state index < -0.39 is 12.1 Å². The van der Waals surface area contributed by atoms with E-state index in [0.717, 1.165) is 11.3 Å². The van der Waals surface area contributed by atoms with Gasteiger partial charge in [-0.25, -0.2) is 4.79 Å². The molecular weight excluding hydrogens is 492 g/mol. The summed E-state index contributed by atoms with van der Waals surface area (Å²) in [6.45, 7) is 1.41. The molecule has 0 saturated heterocycles. The Kier molecular flexibility index (Phi) is 9.27. The third-order valence-corrected chi connectivity index (χ3v) is 5.62. The molecule has 0 fully saturated rings. The Balaban J connectivity index is 1.24. The monoisotopic (exact) mass is 518 g/mol. The van der Waals surface area contributed by atoms with Gasteiger partial charge in [0, 0.05) is 17.0 Å². The van der Waals surface area contributed by atoms with Crippen molar-refractivity contribution in [3.8, 4) is 23.0 Å². The third kappa shape index (κ3) is 8.19. The lowest BCUT2D eigenvalue weighted by molar-refractivity contribution is -0.145. The highest BCUT2D eigenvalue weighted by atomic mass is 35.5. The molecule has 1 unspecified atom stereocenters. The largest absolute Gasteiger partial charge is 0.493 e. The molecular formula is C30H27ClO6. The van der Waals surface area contributed by atoms with E-state index in [2.05, 4.69) is 0 Å². The van der Waals surface area contributed by atoms with E-state index in [1.165, 1.54) is 0 Å². The summed E-state index contributed by atoms with van der Waals surface area (Å²) in [7, 11) is 0. The fourth-order valence-corrected chi connectivity index (χ4v) is 3.59. The molecule has 0 saturated carbocycles. The van der Waals surface area contributed by atoms with Crippen LogP contribution in [0.3, 0.4) is 0 Å². The van der Waals surface area contributed by atoms with E-state index in [1.807, 2.05) is 42.5 Å². The van der Waals surface area contributed by atoms with Crippen LogP contribution in [0.1, 0.15) is 23.7 Å². The van der Waals surface area contributed by atoms with Gasteiger partial charge in [0.1, 0.15) is 29.6 Å². The number of aliphatic carboxylic acids is 1. The Bertz CT molecular complexity index is 1240. The summed E-state index contributed by atoms with van der Waals surface area (Å²) in [5.74, 6) is 1.41. The highest BCUT2D eigenvalue weighted by Crippen LogP contribution is 2.26. The highest BCUT2D eigenvalue weighted by Gasteiger charge is 2.22. The van der Waals surface area contributed by atoms with Crippen LogP contribution in [0.15, 0.2) is 103 Å². The molecule has 4 rings (SSSR count). The topological polar surface area (TPSA) is 74.2 Å². The van der Waals surface area contributed by atoms with Crippen LogP contribution >= 0.6 is 11.6 Å². The van der Waals surface area contributed by atoms with Crippen LogP contribution in [-0.2, 0) is 11.4 Å². The zero-order valence-electron chi connectivity index (χ0n) is 20.1. The predicted molar refractivity (Wildman–Crippen MR) is 142 cm³/mol. The Morgan fingerprint density at radius 3 is 1.78 bits per heavy atom. The van der Waals surface area contributed by atoms with Gasteiger partial charge in [-0.05, 0) is 66.2 Å². The lowest BCUT2D eigenvalue weighted by atomic mass is 10.1. The number of rotatable bonds is 13. The predicted octanol–water partition coefficient (Wildman–Crippen LogP) is 6.97. The zero-order chi connectivity index (χ0) is 25.9. The van der Waals surface area contributed by atoms with Gasteiger partial charge in [-0.2, -0.15) is 0 Å². The first kappa shape index (κ1) is 25.9. The Morgan fingerprint density at radius 1 is 0.676 bits per heavy atom. The molecule has 0 heterocycles. The van der Waals surface area contributed by atoms with Crippen LogP contribution in [0.4, 0.5) is 0 Å². The van der Waals surface area contributed by atoms with E-state index in [9.17, 15) is 9.90 Å². The summed E-state index contributed by atoms with van der Waals surface area (Å²) >= 11 is 5.87. The van der Waals surface area contributed by atoms with Gasteiger partial charge < -0.3 is 24.1 Å². The average molecular weight is 519 g/mol. The molecule has 0 aliphatic rings. The first-order valence-electron chi connectivity index (χ1n) is 11.8. The second kappa shape index (κ2) is 13.2. The fourth-order valence-electron chi connectivity index (χ4n) is 3.46. The maximum Gasteiger partial charge on any atom is 0.349 e. The fraction of sp³-hybridized carbons (Fsp3) is 0.167. The summed E-state index contributed by atoms with van der Waals surface area (Å²) in [5.41, 5.74) is 1.57. The molecule has 190 valence electrons. The molecule has 1 N–H and O–H groups in total. The Labute approximate surface area is 221 Å². The third-order valence-electron chi connectivity index (χ3n) is 5.37. The number of carboxylic acid groups (broad SMARTS) is 1. The molecule has 0 aromatic heterocycles. The molecule has 0 aliphatic carbocycles. The van der Waals surface area contributed by atoms with Crippen molar-refractivity contribution in [2.45, 2.75) is 19.1 Å². The van der Waals surface area contributed by atoms with Crippen molar-refractivity contribution >= 4 is 17.6 Å². The minimum absolute atomic E-state index is 0.431.